The van der Waals surface area contributed by atoms with E-state index in [0.717, 1.165) is 6.54 Å². The van der Waals surface area contributed by atoms with Crippen LogP contribution in [-0.2, 0) is 0 Å². The molecular weight excluding hydrogens is 136 g/mol. The van der Waals surface area contributed by atoms with Crippen molar-refractivity contribution in [1.82, 2.24) is 9.80 Å². The van der Waals surface area contributed by atoms with E-state index in [1.54, 1.807) is 0 Å². The minimum absolute atomic E-state index is 0.0231. The second-order valence-corrected chi connectivity index (χ2v) is 2.69. The van der Waals surface area contributed by atoms with Gasteiger partial charge < -0.3 is 4.90 Å². The first-order valence-electron chi connectivity index (χ1n) is 2.95. The fraction of sp³-hybridized carbons (Fsp3) is 0.667. The summed E-state index contributed by atoms with van der Waals surface area (Å²) in [4.78, 5) is 4.02. The van der Waals surface area contributed by atoms with E-state index >= 15 is 0 Å². The molecule has 0 amide bonds. The standard InChI is InChI=1S/C6H11ClN2/c1-8-4-3-5-9(2)6(8)7/h3-4,6H,5H2,1-2H3. The second kappa shape index (κ2) is 2.58. The topological polar surface area (TPSA) is 6.48 Å². The Bertz CT molecular complexity index is 124. The highest BCUT2D eigenvalue weighted by molar-refractivity contribution is 6.20. The molecule has 0 radical (unpaired) electrons. The van der Waals surface area contributed by atoms with Crippen molar-refractivity contribution >= 4 is 11.6 Å². The van der Waals surface area contributed by atoms with Gasteiger partial charge in [-0.2, -0.15) is 0 Å². The third kappa shape index (κ3) is 1.37. The predicted molar refractivity (Wildman–Crippen MR) is 39.2 cm³/mol. The molecule has 52 valence electrons. The second-order valence-electron chi connectivity index (χ2n) is 2.30. The minimum Gasteiger partial charge on any atom is -0.353 e. The van der Waals surface area contributed by atoms with Gasteiger partial charge in [0.05, 0.1) is 0 Å². The average Bonchev–Trinajstić information content (AvgIpc) is 1.83. The van der Waals surface area contributed by atoms with Crippen molar-refractivity contribution in [2.45, 2.75) is 5.62 Å². The van der Waals surface area contributed by atoms with Crippen LogP contribution in [-0.4, -0.2) is 36.1 Å². The quantitative estimate of drug-likeness (QED) is 0.370. The zero-order valence-electron chi connectivity index (χ0n) is 5.71. The van der Waals surface area contributed by atoms with Crippen LogP contribution in [0.1, 0.15) is 0 Å². The maximum absolute atomic E-state index is 5.92. The van der Waals surface area contributed by atoms with Gasteiger partial charge in [0, 0.05) is 13.6 Å². The third-order valence-electron chi connectivity index (χ3n) is 1.43. The molecule has 0 aromatic rings. The highest BCUT2D eigenvalue weighted by Gasteiger charge is 2.15. The van der Waals surface area contributed by atoms with Crippen LogP contribution in [0.4, 0.5) is 0 Å². The first-order valence-corrected chi connectivity index (χ1v) is 3.38. The molecule has 1 rings (SSSR count). The number of hydrogen-bond donors (Lipinski definition) is 0. The summed E-state index contributed by atoms with van der Waals surface area (Å²) in [6, 6.07) is 0. The maximum Gasteiger partial charge on any atom is 0.159 e. The van der Waals surface area contributed by atoms with E-state index in [0.29, 0.717) is 0 Å². The van der Waals surface area contributed by atoms with Crippen molar-refractivity contribution in [3.63, 3.8) is 0 Å². The molecule has 9 heavy (non-hydrogen) atoms. The van der Waals surface area contributed by atoms with Crippen LogP contribution in [0.3, 0.4) is 0 Å². The predicted octanol–water partition coefficient (Wildman–Crippen LogP) is 0.900. The molecule has 0 aromatic carbocycles. The zero-order chi connectivity index (χ0) is 6.85. The smallest absolute Gasteiger partial charge is 0.159 e. The molecule has 0 spiro atoms. The van der Waals surface area contributed by atoms with E-state index in [1.807, 2.05) is 25.2 Å². The van der Waals surface area contributed by atoms with Crippen LogP contribution in [0.25, 0.3) is 0 Å². The normalized spacial score (nSPS) is 29.2. The maximum atomic E-state index is 5.92. The SMILES string of the molecule is CN1C=CCN(C)C1Cl. The van der Waals surface area contributed by atoms with Gasteiger partial charge in [0.15, 0.2) is 5.62 Å². The van der Waals surface area contributed by atoms with Crippen LogP contribution < -0.4 is 0 Å². The Hall–Kier alpha value is -0.210. The lowest BCUT2D eigenvalue weighted by molar-refractivity contribution is 0.190. The summed E-state index contributed by atoms with van der Waals surface area (Å²) < 4.78 is 0. The molecule has 0 saturated heterocycles. The van der Waals surface area contributed by atoms with Gasteiger partial charge in [-0.1, -0.05) is 17.7 Å². The summed E-state index contributed by atoms with van der Waals surface area (Å²) in [6.45, 7) is 0.943. The molecule has 1 aliphatic heterocycles. The first kappa shape index (κ1) is 6.90. The Balaban J connectivity index is 2.58. The largest absolute Gasteiger partial charge is 0.353 e. The van der Waals surface area contributed by atoms with Gasteiger partial charge in [-0.3, -0.25) is 4.90 Å². The van der Waals surface area contributed by atoms with Gasteiger partial charge >= 0.3 is 0 Å². The minimum atomic E-state index is 0.0231. The van der Waals surface area contributed by atoms with Crippen LogP contribution in [0.2, 0.25) is 0 Å². The van der Waals surface area contributed by atoms with E-state index in [2.05, 4.69) is 11.0 Å². The summed E-state index contributed by atoms with van der Waals surface area (Å²) in [5.74, 6) is 0. The molecule has 1 aliphatic rings. The summed E-state index contributed by atoms with van der Waals surface area (Å²) in [6.07, 6.45) is 4.08. The van der Waals surface area contributed by atoms with Gasteiger partial charge in [-0.05, 0) is 13.2 Å². The Labute approximate surface area is 60.7 Å². The van der Waals surface area contributed by atoms with Gasteiger partial charge in [0.1, 0.15) is 0 Å². The summed E-state index contributed by atoms with van der Waals surface area (Å²) in [7, 11) is 3.96. The Morgan fingerprint density at radius 3 is 2.67 bits per heavy atom. The van der Waals surface area contributed by atoms with Crippen LogP contribution in [0, 0.1) is 0 Å². The fourth-order valence-electron chi connectivity index (χ4n) is 0.849. The molecule has 1 atom stereocenters. The average molecular weight is 147 g/mol. The lowest BCUT2D eigenvalue weighted by atomic mass is 10.4. The highest BCUT2D eigenvalue weighted by Crippen LogP contribution is 2.10. The molecule has 1 unspecified atom stereocenters. The van der Waals surface area contributed by atoms with E-state index < -0.39 is 0 Å². The van der Waals surface area contributed by atoms with Gasteiger partial charge in [-0.25, -0.2) is 0 Å². The number of hydrogen-bond acceptors (Lipinski definition) is 2. The number of rotatable bonds is 0. The molecule has 0 fully saturated rings. The fourth-order valence-corrected chi connectivity index (χ4v) is 0.993. The zero-order valence-corrected chi connectivity index (χ0v) is 6.47. The lowest BCUT2D eigenvalue weighted by Crippen LogP contribution is -2.40. The number of likely N-dealkylation sites (N-methyl/N-ethyl adjacent to an activating group) is 1. The summed E-state index contributed by atoms with van der Waals surface area (Å²) >= 11 is 5.92. The Morgan fingerprint density at radius 2 is 2.22 bits per heavy atom. The molecule has 3 heteroatoms. The Morgan fingerprint density at radius 1 is 1.56 bits per heavy atom. The molecule has 0 aliphatic carbocycles. The summed E-state index contributed by atoms with van der Waals surface area (Å²) in [5.41, 5.74) is 0.0231. The van der Waals surface area contributed by atoms with Crippen LogP contribution >= 0.6 is 11.6 Å². The molecule has 1 heterocycles. The van der Waals surface area contributed by atoms with Crippen molar-refractivity contribution in [1.29, 1.82) is 0 Å². The van der Waals surface area contributed by atoms with E-state index in [9.17, 15) is 0 Å². The number of alkyl halides is 1. The number of halogens is 1. The van der Waals surface area contributed by atoms with Crippen molar-refractivity contribution < 1.29 is 0 Å². The van der Waals surface area contributed by atoms with Gasteiger partial charge in [0.25, 0.3) is 0 Å². The molecule has 0 N–H and O–H groups in total. The molecule has 0 saturated carbocycles. The Kier molecular flexibility index (Phi) is 1.98. The molecule has 0 aromatic heterocycles. The van der Waals surface area contributed by atoms with Crippen molar-refractivity contribution in [3.8, 4) is 0 Å². The van der Waals surface area contributed by atoms with E-state index in [-0.39, 0.29) is 5.62 Å². The van der Waals surface area contributed by atoms with Crippen LogP contribution in [0.15, 0.2) is 12.3 Å². The first-order chi connectivity index (χ1) is 4.22. The van der Waals surface area contributed by atoms with Crippen LogP contribution in [0.5, 0.6) is 0 Å². The highest BCUT2D eigenvalue weighted by atomic mass is 35.5. The number of nitrogens with zero attached hydrogens (tertiary/aromatic N) is 2. The molecule has 2 nitrogen and oxygen atoms in total. The third-order valence-corrected chi connectivity index (χ3v) is 2.07. The van der Waals surface area contributed by atoms with E-state index in [1.165, 1.54) is 0 Å². The monoisotopic (exact) mass is 146 g/mol. The molecule has 0 bridgehead atoms. The summed E-state index contributed by atoms with van der Waals surface area (Å²) in [5, 5.41) is 0. The van der Waals surface area contributed by atoms with Gasteiger partial charge in [0.2, 0.25) is 0 Å². The van der Waals surface area contributed by atoms with Gasteiger partial charge in [-0.15, -0.1) is 0 Å². The van der Waals surface area contributed by atoms with Crippen molar-refractivity contribution in [2.75, 3.05) is 20.6 Å². The van der Waals surface area contributed by atoms with Crippen molar-refractivity contribution in [2.24, 2.45) is 0 Å². The van der Waals surface area contributed by atoms with E-state index in [4.69, 9.17) is 11.6 Å². The molecular formula is C6H11ClN2. The van der Waals surface area contributed by atoms with Crippen molar-refractivity contribution in [3.05, 3.63) is 12.3 Å². The lowest BCUT2D eigenvalue weighted by Gasteiger charge is -2.32.